The van der Waals surface area contributed by atoms with E-state index in [0.717, 1.165) is 16.7 Å². The van der Waals surface area contributed by atoms with Crippen molar-refractivity contribution in [2.24, 2.45) is 0 Å². The second-order valence-electron chi connectivity index (χ2n) is 6.24. The Balaban J connectivity index is 1.84. The molecule has 0 bridgehead atoms. The number of sulfonamides is 1. The molecule has 0 saturated carbocycles. The van der Waals surface area contributed by atoms with Gasteiger partial charge in [-0.1, -0.05) is 54.6 Å². The zero-order valence-electron chi connectivity index (χ0n) is 14.1. The number of hydrogen-bond acceptors (Lipinski definition) is 3. The van der Waals surface area contributed by atoms with Crippen LogP contribution in [0.5, 0.6) is 0 Å². The summed E-state index contributed by atoms with van der Waals surface area (Å²) in [6.07, 6.45) is -0.230. The highest BCUT2D eigenvalue weighted by atomic mass is 32.2. The first-order chi connectivity index (χ1) is 11.5. The van der Waals surface area contributed by atoms with E-state index in [-0.39, 0.29) is 17.9 Å². The molecule has 5 heteroatoms. The van der Waals surface area contributed by atoms with Gasteiger partial charge in [0.2, 0.25) is 10.0 Å². The maximum Gasteiger partial charge on any atom is 0.218 e. The Morgan fingerprint density at radius 2 is 1.75 bits per heavy atom. The highest BCUT2D eigenvalue weighted by molar-refractivity contribution is 7.88. The smallest absolute Gasteiger partial charge is 0.218 e. The fourth-order valence-electron chi connectivity index (χ4n) is 3.22. The second-order valence-corrected chi connectivity index (χ2v) is 8.16. The van der Waals surface area contributed by atoms with Crippen LogP contribution in [0.15, 0.2) is 54.6 Å². The van der Waals surface area contributed by atoms with Crippen molar-refractivity contribution >= 4 is 10.0 Å². The third-order valence-electron chi connectivity index (χ3n) is 4.59. The molecule has 24 heavy (non-hydrogen) atoms. The van der Waals surface area contributed by atoms with Gasteiger partial charge in [0.05, 0.1) is 24.5 Å². The lowest BCUT2D eigenvalue weighted by Crippen LogP contribution is -2.48. The molecule has 4 nitrogen and oxygen atoms in total. The lowest BCUT2D eigenvalue weighted by Gasteiger charge is -2.38. The molecular weight excluding hydrogens is 322 g/mol. The van der Waals surface area contributed by atoms with Crippen molar-refractivity contribution < 1.29 is 13.2 Å². The van der Waals surface area contributed by atoms with Gasteiger partial charge in [-0.05, 0) is 30.5 Å². The van der Waals surface area contributed by atoms with Gasteiger partial charge in [-0.15, -0.1) is 0 Å². The average Bonchev–Trinajstić information content (AvgIpc) is 2.57. The number of benzene rings is 2. The molecule has 2 atom stereocenters. The topological polar surface area (TPSA) is 46.6 Å². The summed E-state index contributed by atoms with van der Waals surface area (Å²) >= 11 is 0. The summed E-state index contributed by atoms with van der Waals surface area (Å²) < 4.78 is 33.4. The van der Waals surface area contributed by atoms with Crippen LogP contribution in [0.1, 0.15) is 29.7 Å². The van der Waals surface area contributed by atoms with E-state index in [0.29, 0.717) is 13.2 Å². The fourth-order valence-corrected chi connectivity index (χ4v) is 5.08. The molecule has 2 aromatic carbocycles. The largest absolute Gasteiger partial charge is 0.370 e. The van der Waals surface area contributed by atoms with Gasteiger partial charge in [-0.2, -0.15) is 4.31 Å². The van der Waals surface area contributed by atoms with Gasteiger partial charge < -0.3 is 4.74 Å². The predicted molar refractivity (Wildman–Crippen MR) is 95.1 cm³/mol. The number of hydrogen-bond donors (Lipinski definition) is 0. The van der Waals surface area contributed by atoms with Crippen LogP contribution in [0.3, 0.4) is 0 Å². The normalized spacial score (nSPS) is 22.4. The maximum atomic E-state index is 13.0. The number of morpholine rings is 1. The molecule has 1 heterocycles. The van der Waals surface area contributed by atoms with Crippen molar-refractivity contribution in [1.82, 2.24) is 4.31 Å². The van der Waals surface area contributed by atoms with Gasteiger partial charge in [0, 0.05) is 6.54 Å². The summed E-state index contributed by atoms with van der Waals surface area (Å²) in [4.78, 5) is 0. The average molecular weight is 345 g/mol. The van der Waals surface area contributed by atoms with Crippen LogP contribution in [0, 0.1) is 6.92 Å². The predicted octanol–water partition coefficient (Wildman–Crippen LogP) is 3.29. The van der Waals surface area contributed by atoms with Crippen molar-refractivity contribution in [3.8, 4) is 0 Å². The Morgan fingerprint density at radius 3 is 2.46 bits per heavy atom. The molecule has 3 rings (SSSR count). The summed E-state index contributed by atoms with van der Waals surface area (Å²) in [5, 5.41) is 0. The molecule has 1 aliphatic heterocycles. The Labute approximate surface area is 144 Å². The molecule has 1 aliphatic rings. The first-order valence-corrected chi connectivity index (χ1v) is 9.80. The standard InChI is InChI=1S/C19H23NO3S/c1-15-8-6-7-11-18(15)14-24(21,22)20-12-13-23-19(16(20)2)17-9-4-3-5-10-17/h3-11,16,19H,12-14H2,1-2H3. The van der Waals surface area contributed by atoms with Gasteiger partial charge in [-0.3, -0.25) is 0 Å². The molecule has 0 radical (unpaired) electrons. The van der Waals surface area contributed by atoms with Gasteiger partial charge in [-0.25, -0.2) is 8.42 Å². The lowest BCUT2D eigenvalue weighted by atomic mass is 10.0. The van der Waals surface area contributed by atoms with Gasteiger partial charge in [0.25, 0.3) is 0 Å². The van der Waals surface area contributed by atoms with E-state index < -0.39 is 10.0 Å². The number of rotatable bonds is 4. The van der Waals surface area contributed by atoms with E-state index in [1.54, 1.807) is 4.31 Å². The van der Waals surface area contributed by atoms with Crippen LogP contribution in [-0.2, 0) is 20.5 Å². The molecule has 0 N–H and O–H groups in total. The monoisotopic (exact) mass is 345 g/mol. The quantitative estimate of drug-likeness (QED) is 0.854. The van der Waals surface area contributed by atoms with Crippen molar-refractivity contribution in [2.45, 2.75) is 31.7 Å². The zero-order chi connectivity index (χ0) is 17.2. The lowest BCUT2D eigenvalue weighted by molar-refractivity contribution is -0.0361. The minimum atomic E-state index is -3.40. The van der Waals surface area contributed by atoms with Crippen molar-refractivity contribution in [1.29, 1.82) is 0 Å². The molecule has 0 aromatic heterocycles. The first kappa shape index (κ1) is 17.1. The van der Waals surface area contributed by atoms with Crippen LogP contribution in [0.25, 0.3) is 0 Å². The fraction of sp³-hybridized carbons (Fsp3) is 0.368. The molecule has 1 saturated heterocycles. The van der Waals surface area contributed by atoms with E-state index in [9.17, 15) is 8.42 Å². The molecule has 1 fully saturated rings. The summed E-state index contributed by atoms with van der Waals surface area (Å²) in [5.74, 6) is 0.0333. The Hall–Kier alpha value is -1.69. The maximum absolute atomic E-state index is 13.0. The third-order valence-corrected chi connectivity index (χ3v) is 6.49. The van der Waals surface area contributed by atoms with E-state index in [4.69, 9.17) is 4.74 Å². The molecule has 0 spiro atoms. The first-order valence-electron chi connectivity index (χ1n) is 8.19. The molecule has 2 unspecified atom stereocenters. The number of aryl methyl sites for hydroxylation is 1. The van der Waals surface area contributed by atoms with Crippen LogP contribution < -0.4 is 0 Å². The van der Waals surface area contributed by atoms with Crippen LogP contribution in [0.4, 0.5) is 0 Å². The number of nitrogens with zero attached hydrogens (tertiary/aromatic N) is 1. The van der Waals surface area contributed by atoms with E-state index in [2.05, 4.69) is 0 Å². The Bertz CT molecular complexity index is 789. The highest BCUT2D eigenvalue weighted by Crippen LogP contribution is 2.31. The van der Waals surface area contributed by atoms with E-state index in [1.807, 2.05) is 68.4 Å². The Morgan fingerprint density at radius 1 is 1.08 bits per heavy atom. The van der Waals surface area contributed by atoms with Crippen molar-refractivity contribution in [2.75, 3.05) is 13.2 Å². The summed E-state index contributed by atoms with van der Waals surface area (Å²) in [6, 6.07) is 17.2. The van der Waals surface area contributed by atoms with E-state index in [1.165, 1.54) is 0 Å². The Kier molecular flexibility index (Phi) is 5.04. The third kappa shape index (κ3) is 3.53. The summed E-state index contributed by atoms with van der Waals surface area (Å²) in [7, 11) is -3.40. The summed E-state index contributed by atoms with van der Waals surface area (Å²) in [6.45, 7) is 4.68. The van der Waals surface area contributed by atoms with E-state index >= 15 is 0 Å². The summed E-state index contributed by atoms with van der Waals surface area (Å²) in [5.41, 5.74) is 2.87. The van der Waals surface area contributed by atoms with Gasteiger partial charge in [0.1, 0.15) is 0 Å². The molecule has 0 aliphatic carbocycles. The molecule has 128 valence electrons. The van der Waals surface area contributed by atoms with Gasteiger partial charge >= 0.3 is 0 Å². The SMILES string of the molecule is Cc1ccccc1CS(=O)(=O)N1CCOC(c2ccccc2)C1C. The van der Waals surface area contributed by atoms with Crippen LogP contribution in [-0.4, -0.2) is 31.9 Å². The zero-order valence-corrected chi connectivity index (χ0v) is 14.9. The number of ether oxygens (including phenoxy) is 1. The van der Waals surface area contributed by atoms with Crippen molar-refractivity contribution in [3.63, 3.8) is 0 Å². The van der Waals surface area contributed by atoms with Gasteiger partial charge in [0.15, 0.2) is 0 Å². The molecule has 2 aromatic rings. The van der Waals surface area contributed by atoms with Crippen molar-refractivity contribution in [3.05, 3.63) is 71.3 Å². The molecule has 0 amide bonds. The minimum absolute atomic E-state index is 0.0333. The van der Waals surface area contributed by atoms with Crippen LogP contribution >= 0.6 is 0 Å². The highest BCUT2D eigenvalue weighted by Gasteiger charge is 2.37. The van der Waals surface area contributed by atoms with Crippen LogP contribution in [0.2, 0.25) is 0 Å². The molecular formula is C19H23NO3S. The second kappa shape index (κ2) is 7.05. The minimum Gasteiger partial charge on any atom is -0.370 e.